The van der Waals surface area contributed by atoms with Gasteiger partial charge in [-0.2, -0.15) is 5.26 Å². The molecule has 0 bridgehead atoms. The molecule has 5 heteroatoms. The molecule has 1 unspecified atom stereocenters. The molecule has 0 aromatic heterocycles. The van der Waals surface area contributed by atoms with Crippen molar-refractivity contribution in [2.24, 2.45) is 5.73 Å². The summed E-state index contributed by atoms with van der Waals surface area (Å²) in [5, 5.41) is 8.75. The van der Waals surface area contributed by atoms with Crippen molar-refractivity contribution in [1.29, 1.82) is 5.26 Å². The first-order valence-corrected chi connectivity index (χ1v) is 8.07. The van der Waals surface area contributed by atoms with Crippen molar-refractivity contribution in [3.63, 3.8) is 0 Å². The molecule has 2 aromatic carbocycles. The van der Waals surface area contributed by atoms with Gasteiger partial charge >= 0.3 is 0 Å². The van der Waals surface area contributed by atoms with Gasteiger partial charge in [-0.3, -0.25) is 4.79 Å². The van der Waals surface area contributed by atoms with Gasteiger partial charge in [-0.15, -0.1) is 0 Å². The number of carbonyl (C=O) groups excluding carboxylic acids is 1. The Labute approximate surface area is 147 Å². The molecular weight excluding hydrogens is 408 g/mol. The molecule has 0 fully saturated rings. The highest BCUT2D eigenvalue weighted by Gasteiger charge is 2.19. The summed E-state index contributed by atoms with van der Waals surface area (Å²) < 4.78 is 1.88. The Balaban J connectivity index is 0.000000224. The molecule has 0 saturated carbocycles. The summed E-state index contributed by atoms with van der Waals surface area (Å²) in [4.78, 5) is 10.8. The monoisotopic (exact) mass is 422 g/mol. The fraction of sp³-hybridized carbons (Fsp3) is 0.176. The van der Waals surface area contributed by atoms with Gasteiger partial charge in [0.25, 0.3) is 0 Å². The van der Waals surface area contributed by atoms with Gasteiger partial charge in [0.15, 0.2) is 5.78 Å². The van der Waals surface area contributed by atoms with E-state index in [1.165, 1.54) is 0 Å². The van der Waals surface area contributed by atoms with Crippen molar-refractivity contribution >= 4 is 37.6 Å². The highest BCUT2D eigenvalue weighted by atomic mass is 79.9. The van der Waals surface area contributed by atoms with Gasteiger partial charge in [-0.25, -0.2) is 0 Å². The first-order chi connectivity index (χ1) is 10.3. The normalized spacial score (nSPS) is 12.4. The Hall–Kier alpha value is -1.48. The first kappa shape index (κ1) is 18.6. The zero-order valence-electron chi connectivity index (χ0n) is 12.3. The lowest BCUT2D eigenvalue weighted by Crippen LogP contribution is -2.30. The summed E-state index contributed by atoms with van der Waals surface area (Å²) in [6.07, 6.45) is 0. The van der Waals surface area contributed by atoms with Crippen molar-refractivity contribution in [3.8, 4) is 6.07 Å². The van der Waals surface area contributed by atoms with Gasteiger partial charge in [-0.05, 0) is 43.7 Å². The summed E-state index contributed by atoms with van der Waals surface area (Å²) in [6.45, 7) is 3.25. The minimum Gasteiger partial charge on any atom is -0.310 e. The predicted molar refractivity (Wildman–Crippen MR) is 95.4 cm³/mol. The molecule has 0 heterocycles. The maximum atomic E-state index is 10.8. The van der Waals surface area contributed by atoms with Crippen molar-refractivity contribution in [2.75, 3.05) is 0 Å². The number of rotatable bonds is 2. The third-order valence-electron chi connectivity index (χ3n) is 2.89. The summed E-state index contributed by atoms with van der Waals surface area (Å²) in [5.74, 6) is 0.0984. The summed E-state index contributed by atoms with van der Waals surface area (Å²) in [5.41, 5.74) is 6.39. The Morgan fingerprint density at radius 3 is 2.09 bits per heavy atom. The van der Waals surface area contributed by atoms with Crippen LogP contribution in [0.25, 0.3) is 0 Å². The molecule has 0 radical (unpaired) electrons. The lowest BCUT2D eigenvalue weighted by atomic mass is 9.95. The fourth-order valence-electron chi connectivity index (χ4n) is 1.58. The van der Waals surface area contributed by atoms with Crippen LogP contribution < -0.4 is 5.73 Å². The summed E-state index contributed by atoms with van der Waals surface area (Å²) in [6, 6.07) is 16.8. The average Bonchev–Trinajstić information content (AvgIpc) is 2.48. The van der Waals surface area contributed by atoms with Gasteiger partial charge in [0, 0.05) is 14.5 Å². The molecule has 2 N–H and O–H groups in total. The van der Waals surface area contributed by atoms with Crippen molar-refractivity contribution in [1.82, 2.24) is 0 Å². The number of nitriles is 1. The minimum absolute atomic E-state index is 0.0984. The number of nitrogens with zero attached hydrogens (tertiary/aromatic N) is 1. The summed E-state index contributed by atoms with van der Waals surface area (Å²) >= 11 is 6.60. The number of ketones is 1. The highest BCUT2D eigenvalue weighted by Crippen LogP contribution is 2.20. The van der Waals surface area contributed by atoms with Crippen LogP contribution in [-0.2, 0) is 5.54 Å². The molecule has 0 amide bonds. The van der Waals surface area contributed by atoms with E-state index in [2.05, 4.69) is 31.9 Å². The van der Waals surface area contributed by atoms with Crippen LogP contribution in [0.5, 0.6) is 0 Å². The SMILES string of the molecule is CC(=O)c1cccc(Br)c1.CC(N)(C#N)c1cccc(Br)c1. The van der Waals surface area contributed by atoms with Crippen molar-refractivity contribution in [2.45, 2.75) is 19.4 Å². The number of carbonyl (C=O) groups is 1. The molecule has 0 aliphatic heterocycles. The van der Waals surface area contributed by atoms with E-state index in [4.69, 9.17) is 11.0 Å². The number of nitrogens with two attached hydrogens (primary N) is 1. The Morgan fingerprint density at radius 1 is 1.14 bits per heavy atom. The molecule has 2 aromatic rings. The number of benzene rings is 2. The maximum absolute atomic E-state index is 10.8. The fourth-order valence-corrected chi connectivity index (χ4v) is 2.38. The zero-order chi connectivity index (χ0) is 16.8. The van der Waals surface area contributed by atoms with Gasteiger partial charge in [0.1, 0.15) is 5.54 Å². The van der Waals surface area contributed by atoms with Crippen LogP contribution in [0.15, 0.2) is 57.5 Å². The van der Waals surface area contributed by atoms with E-state index < -0.39 is 5.54 Å². The van der Waals surface area contributed by atoms with E-state index in [9.17, 15) is 4.79 Å². The van der Waals surface area contributed by atoms with E-state index in [1.54, 1.807) is 19.9 Å². The lowest BCUT2D eigenvalue weighted by Gasteiger charge is -2.15. The standard InChI is InChI=1S/C9H9BrN2.C8H7BrO/c1-9(12,6-11)7-3-2-4-8(10)5-7;1-6(10)7-3-2-4-8(9)5-7/h2-5H,12H2,1H3;2-5H,1H3. The molecule has 22 heavy (non-hydrogen) atoms. The maximum Gasteiger partial charge on any atom is 0.159 e. The minimum atomic E-state index is -0.899. The topological polar surface area (TPSA) is 66.9 Å². The van der Waals surface area contributed by atoms with Crippen LogP contribution in [0.4, 0.5) is 0 Å². The Kier molecular flexibility index (Phi) is 6.95. The highest BCUT2D eigenvalue weighted by molar-refractivity contribution is 9.10. The number of halogens is 2. The van der Waals surface area contributed by atoms with Crippen molar-refractivity contribution < 1.29 is 4.79 Å². The first-order valence-electron chi connectivity index (χ1n) is 6.49. The van der Waals surface area contributed by atoms with Gasteiger partial charge < -0.3 is 5.73 Å². The van der Waals surface area contributed by atoms with E-state index in [-0.39, 0.29) is 5.78 Å². The molecule has 0 aliphatic rings. The summed E-state index contributed by atoms with van der Waals surface area (Å²) in [7, 11) is 0. The van der Waals surface area contributed by atoms with Crippen LogP contribution in [-0.4, -0.2) is 5.78 Å². The molecule has 3 nitrogen and oxygen atoms in total. The molecule has 0 saturated heterocycles. The van der Waals surface area contributed by atoms with Gasteiger partial charge in [0.05, 0.1) is 6.07 Å². The molecule has 0 aliphatic carbocycles. The predicted octanol–water partition coefficient (Wildman–Crippen LogP) is 4.80. The third-order valence-corrected chi connectivity index (χ3v) is 3.87. The van der Waals surface area contributed by atoms with E-state index in [1.807, 2.05) is 48.5 Å². The number of hydrogen-bond donors (Lipinski definition) is 1. The Morgan fingerprint density at radius 2 is 1.68 bits per heavy atom. The molecular formula is C17H16Br2N2O. The van der Waals surface area contributed by atoms with Gasteiger partial charge in [0.2, 0.25) is 0 Å². The van der Waals surface area contributed by atoms with E-state index >= 15 is 0 Å². The van der Waals surface area contributed by atoms with Crippen LogP contribution in [0.2, 0.25) is 0 Å². The average molecular weight is 424 g/mol. The third kappa shape index (κ3) is 5.72. The largest absolute Gasteiger partial charge is 0.310 e. The van der Waals surface area contributed by atoms with Crippen molar-refractivity contribution in [3.05, 3.63) is 68.6 Å². The van der Waals surface area contributed by atoms with E-state index in [0.717, 1.165) is 20.1 Å². The molecule has 1 atom stereocenters. The second-order valence-corrected chi connectivity index (χ2v) is 6.72. The second kappa shape index (κ2) is 8.23. The molecule has 114 valence electrons. The van der Waals surface area contributed by atoms with Gasteiger partial charge in [-0.1, -0.05) is 56.1 Å². The zero-order valence-corrected chi connectivity index (χ0v) is 15.5. The lowest BCUT2D eigenvalue weighted by molar-refractivity contribution is 0.101. The second-order valence-electron chi connectivity index (χ2n) is 4.89. The van der Waals surface area contributed by atoms with Crippen LogP contribution >= 0.6 is 31.9 Å². The van der Waals surface area contributed by atoms with Crippen LogP contribution in [0, 0.1) is 11.3 Å². The molecule has 2 rings (SSSR count). The van der Waals surface area contributed by atoms with Crippen LogP contribution in [0.3, 0.4) is 0 Å². The quantitative estimate of drug-likeness (QED) is 0.705. The molecule has 0 spiro atoms. The van der Waals surface area contributed by atoms with Crippen LogP contribution in [0.1, 0.15) is 29.8 Å². The number of Topliss-reactive ketones (excluding diaryl/α,β-unsaturated/α-hetero) is 1. The number of hydrogen-bond acceptors (Lipinski definition) is 3. The smallest absolute Gasteiger partial charge is 0.159 e. The van der Waals surface area contributed by atoms with E-state index in [0.29, 0.717) is 0 Å². The Bertz CT molecular complexity index is 706.